The SMILES string of the molecule is CCOc1cccc(S(=O)(=O)N2C[C@@H](N)[C@H](c3ccccc3)C2)c1.Cl. The van der Waals surface area contributed by atoms with Crippen molar-refractivity contribution in [1.82, 2.24) is 4.31 Å². The summed E-state index contributed by atoms with van der Waals surface area (Å²) >= 11 is 0. The standard InChI is InChI=1S/C18H22N2O3S.ClH/c1-2-23-15-9-6-10-16(11-15)24(21,22)20-12-17(18(19)13-20)14-7-4-3-5-8-14;/h3-11,17-18H,2,12-13,19H2,1H3;1H/t17-,18+;/m0./s1. The van der Waals surface area contributed by atoms with Gasteiger partial charge >= 0.3 is 0 Å². The summed E-state index contributed by atoms with van der Waals surface area (Å²) in [5.41, 5.74) is 7.30. The van der Waals surface area contributed by atoms with Crippen LogP contribution in [0, 0.1) is 0 Å². The van der Waals surface area contributed by atoms with Gasteiger partial charge in [0.1, 0.15) is 5.75 Å². The van der Waals surface area contributed by atoms with Crippen LogP contribution in [0.15, 0.2) is 59.5 Å². The predicted molar refractivity (Wildman–Crippen MR) is 101 cm³/mol. The number of hydrogen-bond donors (Lipinski definition) is 1. The van der Waals surface area contributed by atoms with Gasteiger partial charge in [-0.15, -0.1) is 12.4 Å². The molecule has 1 heterocycles. The van der Waals surface area contributed by atoms with E-state index >= 15 is 0 Å². The van der Waals surface area contributed by atoms with Gasteiger partial charge in [-0.1, -0.05) is 36.4 Å². The third-order valence-electron chi connectivity index (χ3n) is 4.31. The molecular formula is C18H23ClN2O3S. The van der Waals surface area contributed by atoms with E-state index in [-0.39, 0.29) is 29.3 Å². The number of sulfonamides is 1. The van der Waals surface area contributed by atoms with Crippen molar-refractivity contribution in [2.45, 2.75) is 23.8 Å². The Kier molecular flexibility index (Phi) is 6.46. The molecule has 0 bridgehead atoms. The van der Waals surface area contributed by atoms with Gasteiger partial charge in [0.2, 0.25) is 10.0 Å². The van der Waals surface area contributed by atoms with E-state index in [1.54, 1.807) is 24.3 Å². The zero-order valence-electron chi connectivity index (χ0n) is 14.0. The highest BCUT2D eigenvalue weighted by Crippen LogP contribution is 2.31. The number of nitrogens with zero attached hydrogens (tertiary/aromatic N) is 1. The molecule has 1 aliphatic heterocycles. The van der Waals surface area contributed by atoms with Gasteiger partial charge in [-0.25, -0.2) is 8.42 Å². The van der Waals surface area contributed by atoms with E-state index in [2.05, 4.69) is 0 Å². The largest absolute Gasteiger partial charge is 0.494 e. The maximum absolute atomic E-state index is 12.9. The molecule has 3 rings (SSSR count). The van der Waals surface area contributed by atoms with Crippen molar-refractivity contribution < 1.29 is 13.2 Å². The van der Waals surface area contributed by atoms with Crippen LogP contribution in [0.2, 0.25) is 0 Å². The fraction of sp³-hybridized carbons (Fsp3) is 0.333. The number of ether oxygens (including phenoxy) is 1. The number of benzene rings is 2. The van der Waals surface area contributed by atoms with Crippen LogP contribution in [0.1, 0.15) is 18.4 Å². The smallest absolute Gasteiger partial charge is 0.243 e. The van der Waals surface area contributed by atoms with E-state index in [0.717, 1.165) is 5.56 Å². The van der Waals surface area contributed by atoms with Crippen LogP contribution in [0.5, 0.6) is 5.75 Å². The van der Waals surface area contributed by atoms with Gasteiger partial charge < -0.3 is 10.5 Å². The Labute approximate surface area is 155 Å². The first kappa shape index (κ1) is 19.7. The van der Waals surface area contributed by atoms with Crippen molar-refractivity contribution >= 4 is 22.4 Å². The molecule has 2 aromatic rings. The molecule has 0 aromatic heterocycles. The minimum atomic E-state index is -3.58. The van der Waals surface area contributed by atoms with Gasteiger partial charge in [-0.3, -0.25) is 0 Å². The first-order valence-electron chi connectivity index (χ1n) is 8.06. The second-order valence-electron chi connectivity index (χ2n) is 5.91. The summed E-state index contributed by atoms with van der Waals surface area (Å²) in [5, 5.41) is 0. The van der Waals surface area contributed by atoms with E-state index in [1.165, 1.54) is 4.31 Å². The van der Waals surface area contributed by atoms with Gasteiger partial charge in [0.25, 0.3) is 0 Å². The van der Waals surface area contributed by atoms with Crippen LogP contribution in [0.4, 0.5) is 0 Å². The molecule has 0 unspecified atom stereocenters. The predicted octanol–water partition coefficient (Wildman–Crippen LogP) is 2.62. The second-order valence-corrected chi connectivity index (χ2v) is 7.85. The van der Waals surface area contributed by atoms with Crippen molar-refractivity contribution in [3.63, 3.8) is 0 Å². The molecule has 7 heteroatoms. The quantitative estimate of drug-likeness (QED) is 0.862. The average molecular weight is 383 g/mol. The molecule has 136 valence electrons. The topological polar surface area (TPSA) is 72.6 Å². The highest BCUT2D eigenvalue weighted by atomic mass is 35.5. The number of hydrogen-bond acceptors (Lipinski definition) is 4. The third kappa shape index (κ3) is 4.15. The summed E-state index contributed by atoms with van der Waals surface area (Å²) in [4.78, 5) is 0.245. The molecule has 5 nitrogen and oxygen atoms in total. The van der Waals surface area contributed by atoms with E-state index in [4.69, 9.17) is 10.5 Å². The molecule has 2 atom stereocenters. The Bertz CT molecular complexity index is 799. The Hall–Kier alpha value is -1.60. The van der Waals surface area contributed by atoms with E-state index < -0.39 is 10.0 Å². The lowest BCUT2D eigenvalue weighted by Gasteiger charge is -2.17. The van der Waals surface area contributed by atoms with E-state index in [0.29, 0.717) is 25.4 Å². The summed E-state index contributed by atoms with van der Waals surface area (Å²) in [6, 6.07) is 16.2. The Balaban J connectivity index is 0.00000225. The number of rotatable bonds is 5. The first-order chi connectivity index (χ1) is 11.5. The van der Waals surface area contributed by atoms with Gasteiger partial charge in [0.05, 0.1) is 11.5 Å². The fourth-order valence-electron chi connectivity index (χ4n) is 3.08. The summed E-state index contributed by atoms with van der Waals surface area (Å²) in [7, 11) is -3.58. The van der Waals surface area contributed by atoms with Crippen LogP contribution in [-0.2, 0) is 10.0 Å². The third-order valence-corrected chi connectivity index (χ3v) is 6.14. The van der Waals surface area contributed by atoms with Crippen molar-refractivity contribution in [2.75, 3.05) is 19.7 Å². The Morgan fingerprint density at radius 1 is 1.12 bits per heavy atom. The minimum absolute atomic E-state index is 0. The van der Waals surface area contributed by atoms with Crippen LogP contribution in [0.3, 0.4) is 0 Å². The lowest BCUT2D eigenvalue weighted by molar-refractivity contribution is 0.339. The molecule has 1 saturated heterocycles. The van der Waals surface area contributed by atoms with Gasteiger partial charge in [-0.2, -0.15) is 4.31 Å². The average Bonchev–Trinajstić information content (AvgIpc) is 2.99. The zero-order valence-corrected chi connectivity index (χ0v) is 15.7. The maximum atomic E-state index is 12.9. The van der Waals surface area contributed by atoms with Crippen LogP contribution in [-0.4, -0.2) is 38.5 Å². The summed E-state index contributed by atoms with van der Waals surface area (Å²) in [5.74, 6) is 0.567. The zero-order chi connectivity index (χ0) is 17.2. The second kappa shape index (κ2) is 8.19. The molecule has 0 spiro atoms. The van der Waals surface area contributed by atoms with Gasteiger partial charge in [-0.05, 0) is 24.6 Å². The summed E-state index contributed by atoms with van der Waals surface area (Å²) < 4.78 is 32.7. The van der Waals surface area contributed by atoms with E-state index in [9.17, 15) is 8.42 Å². The van der Waals surface area contributed by atoms with Gasteiger partial charge in [0.15, 0.2) is 0 Å². The molecule has 1 aliphatic rings. The van der Waals surface area contributed by atoms with Crippen molar-refractivity contribution in [1.29, 1.82) is 0 Å². The molecule has 0 amide bonds. The molecule has 0 radical (unpaired) electrons. The van der Waals surface area contributed by atoms with Crippen molar-refractivity contribution in [3.8, 4) is 5.75 Å². The molecule has 0 saturated carbocycles. The van der Waals surface area contributed by atoms with Crippen LogP contribution < -0.4 is 10.5 Å². The van der Waals surface area contributed by atoms with Crippen molar-refractivity contribution in [3.05, 3.63) is 60.2 Å². The number of nitrogens with two attached hydrogens (primary N) is 1. The Morgan fingerprint density at radius 2 is 1.84 bits per heavy atom. The summed E-state index contributed by atoms with van der Waals surface area (Å²) in [6.45, 7) is 3.08. The fourth-order valence-corrected chi connectivity index (χ4v) is 4.62. The van der Waals surface area contributed by atoms with E-state index in [1.807, 2.05) is 37.3 Å². The molecular weight excluding hydrogens is 360 g/mol. The van der Waals surface area contributed by atoms with Crippen LogP contribution in [0.25, 0.3) is 0 Å². The molecule has 2 aromatic carbocycles. The first-order valence-corrected chi connectivity index (χ1v) is 9.50. The lowest BCUT2D eigenvalue weighted by Crippen LogP contribution is -2.32. The Morgan fingerprint density at radius 3 is 2.52 bits per heavy atom. The highest BCUT2D eigenvalue weighted by Gasteiger charge is 2.38. The lowest BCUT2D eigenvalue weighted by atomic mass is 9.95. The number of halogens is 1. The van der Waals surface area contributed by atoms with Crippen LogP contribution >= 0.6 is 12.4 Å². The minimum Gasteiger partial charge on any atom is -0.494 e. The molecule has 0 aliphatic carbocycles. The molecule has 25 heavy (non-hydrogen) atoms. The van der Waals surface area contributed by atoms with Crippen molar-refractivity contribution in [2.24, 2.45) is 5.73 Å². The highest BCUT2D eigenvalue weighted by molar-refractivity contribution is 7.89. The molecule has 2 N–H and O–H groups in total. The monoisotopic (exact) mass is 382 g/mol. The normalized spacial score (nSPS) is 20.9. The summed E-state index contributed by atoms with van der Waals surface area (Å²) in [6.07, 6.45) is 0. The maximum Gasteiger partial charge on any atom is 0.243 e. The molecule has 1 fully saturated rings. The van der Waals surface area contributed by atoms with Gasteiger partial charge in [0, 0.05) is 31.1 Å².